The molecule has 0 aliphatic carbocycles. The molecular weight excluding hydrogens is 280 g/mol. The van der Waals surface area contributed by atoms with Crippen LogP contribution in [0, 0.1) is 5.92 Å². The number of hydrogen-bond donors (Lipinski definition) is 0. The van der Waals surface area contributed by atoms with Crippen LogP contribution in [0.4, 0.5) is 0 Å². The molecule has 22 heavy (non-hydrogen) atoms. The van der Waals surface area contributed by atoms with Crippen molar-refractivity contribution >= 4 is 5.91 Å². The largest absolute Gasteiger partial charge is 0.381 e. The summed E-state index contributed by atoms with van der Waals surface area (Å²) in [6.45, 7) is 5.84. The lowest BCUT2D eigenvalue weighted by atomic mass is 9.90. The van der Waals surface area contributed by atoms with Gasteiger partial charge in [-0.3, -0.25) is 9.69 Å². The second kappa shape index (κ2) is 6.46. The van der Waals surface area contributed by atoms with Gasteiger partial charge < -0.3 is 14.4 Å². The van der Waals surface area contributed by atoms with Gasteiger partial charge in [0.15, 0.2) is 0 Å². The first kappa shape index (κ1) is 14.9. The molecule has 4 aliphatic heterocycles. The van der Waals surface area contributed by atoms with Crippen LogP contribution in [0.25, 0.3) is 0 Å². The Kier molecular flexibility index (Phi) is 4.38. The third-order valence-electron chi connectivity index (χ3n) is 5.98. The summed E-state index contributed by atoms with van der Waals surface area (Å²) in [6, 6.07) is 0.659. The number of likely N-dealkylation sites (tertiary alicyclic amines) is 2. The maximum absolute atomic E-state index is 12.5. The summed E-state index contributed by atoms with van der Waals surface area (Å²) in [7, 11) is 0. The number of nitrogens with zero attached hydrogens (tertiary/aromatic N) is 2. The van der Waals surface area contributed by atoms with Gasteiger partial charge in [-0.25, -0.2) is 0 Å². The fourth-order valence-electron chi connectivity index (χ4n) is 4.64. The van der Waals surface area contributed by atoms with E-state index in [1.54, 1.807) is 0 Å². The van der Waals surface area contributed by atoms with Gasteiger partial charge in [0.2, 0.25) is 0 Å². The number of amides is 1. The van der Waals surface area contributed by atoms with Crippen molar-refractivity contribution in [3.8, 4) is 0 Å². The first-order chi connectivity index (χ1) is 10.8. The van der Waals surface area contributed by atoms with Gasteiger partial charge in [-0.1, -0.05) is 0 Å². The maximum atomic E-state index is 12.5. The Morgan fingerprint density at radius 1 is 1.00 bits per heavy atom. The minimum Gasteiger partial charge on any atom is -0.381 e. The molecule has 4 saturated heterocycles. The molecule has 3 atom stereocenters. The lowest BCUT2D eigenvalue weighted by molar-refractivity contribution is -0.142. The van der Waals surface area contributed by atoms with E-state index in [-0.39, 0.29) is 18.1 Å². The standard InChI is InChI=1S/C17H28N2O3/c20-17(18-6-1-2-7-18)15-11-13-3-8-19(12-16(13)22-15)14-4-9-21-10-5-14/h13-16H,1-12H2/t13-,15-,16-/m0/s1. The van der Waals surface area contributed by atoms with Gasteiger partial charge in [-0.2, -0.15) is 0 Å². The van der Waals surface area contributed by atoms with E-state index < -0.39 is 0 Å². The van der Waals surface area contributed by atoms with Crippen LogP contribution in [0.2, 0.25) is 0 Å². The Hall–Kier alpha value is -0.650. The van der Waals surface area contributed by atoms with Gasteiger partial charge in [-0.05, 0) is 51.0 Å². The second-order valence-electron chi connectivity index (χ2n) is 7.32. The smallest absolute Gasteiger partial charge is 0.251 e. The van der Waals surface area contributed by atoms with Crippen LogP contribution in [0.5, 0.6) is 0 Å². The van der Waals surface area contributed by atoms with Crippen LogP contribution in [-0.4, -0.2) is 73.3 Å². The Morgan fingerprint density at radius 2 is 1.77 bits per heavy atom. The van der Waals surface area contributed by atoms with Crippen molar-refractivity contribution < 1.29 is 14.3 Å². The van der Waals surface area contributed by atoms with Crippen LogP contribution in [0.15, 0.2) is 0 Å². The first-order valence-electron chi connectivity index (χ1n) is 9.07. The molecule has 4 heterocycles. The molecule has 5 heteroatoms. The van der Waals surface area contributed by atoms with E-state index in [1.165, 1.54) is 13.0 Å². The van der Waals surface area contributed by atoms with Crippen molar-refractivity contribution in [2.45, 2.75) is 56.8 Å². The van der Waals surface area contributed by atoms with Gasteiger partial charge in [0.25, 0.3) is 5.91 Å². The van der Waals surface area contributed by atoms with Gasteiger partial charge >= 0.3 is 0 Å². The summed E-state index contributed by atoms with van der Waals surface area (Å²) in [6.07, 6.45) is 6.84. The third kappa shape index (κ3) is 2.91. The molecule has 4 fully saturated rings. The number of carbonyl (C=O) groups excluding carboxylic acids is 1. The zero-order valence-corrected chi connectivity index (χ0v) is 13.4. The molecule has 4 aliphatic rings. The molecule has 0 aromatic carbocycles. The van der Waals surface area contributed by atoms with Gasteiger partial charge in [0.05, 0.1) is 6.10 Å². The molecule has 0 bridgehead atoms. The number of ether oxygens (including phenoxy) is 2. The lowest BCUT2D eigenvalue weighted by Gasteiger charge is -2.40. The predicted octanol–water partition coefficient (Wildman–Crippen LogP) is 1.27. The minimum absolute atomic E-state index is 0.164. The van der Waals surface area contributed by atoms with Crippen LogP contribution >= 0.6 is 0 Å². The Balaban J connectivity index is 1.34. The SMILES string of the molecule is O=C([C@@H]1C[C@@H]2CCN(C3CCOCC3)C[C@@H]2O1)N1CCCC1. The average Bonchev–Trinajstić information content (AvgIpc) is 3.23. The lowest BCUT2D eigenvalue weighted by Crippen LogP contribution is -2.49. The van der Waals surface area contributed by atoms with E-state index in [4.69, 9.17) is 9.47 Å². The van der Waals surface area contributed by atoms with Crippen LogP contribution in [-0.2, 0) is 14.3 Å². The van der Waals surface area contributed by atoms with Gasteiger partial charge in [0.1, 0.15) is 6.10 Å². The quantitative estimate of drug-likeness (QED) is 0.770. The summed E-state index contributed by atoms with van der Waals surface area (Å²) in [4.78, 5) is 17.1. The third-order valence-corrected chi connectivity index (χ3v) is 5.98. The molecule has 0 spiro atoms. The highest BCUT2D eigenvalue weighted by molar-refractivity contribution is 5.81. The van der Waals surface area contributed by atoms with Crippen LogP contribution in [0.1, 0.15) is 38.5 Å². The summed E-state index contributed by atoms with van der Waals surface area (Å²) in [5, 5.41) is 0. The summed E-state index contributed by atoms with van der Waals surface area (Å²) in [5.74, 6) is 0.845. The average molecular weight is 308 g/mol. The second-order valence-corrected chi connectivity index (χ2v) is 7.32. The van der Waals surface area contributed by atoms with Crippen molar-refractivity contribution in [3.63, 3.8) is 0 Å². The van der Waals surface area contributed by atoms with Crippen molar-refractivity contribution in [1.82, 2.24) is 9.80 Å². The first-order valence-corrected chi connectivity index (χ1v) is 9.07. The van der Waals surface area contributed by atoms with Gasteiger partial charge in [0, 0.05) is 38.9 Å². The fourth-order valence-corrected chi connectivity index (χ4v) is 4.64. The summed E-state index contributed by atoms with van der Waals surface area (Å²) < 4.78 is 11.7. The van der Waals surface area contributed by atoms with Crippen LogP contribution < -0.4 is 0 Å². The molecule has 1 amide bonds. The number of carbonyl (C=O) groups is 1. The number of hydrogen-bond acceptors (Lipinski definition) is 4. The fraction of sp³-hybridized carbons (Fsp3) is 0.941. The van der Waals surface area contributed by atoms with Crippen molar-refractivity contribution in [3.05, 3.63) is 0 Å². The molecular formula is C17H28N2O3. The number of fused-ring (bicyclic) bond motifs is 1. The molecule has 0 radical (unpaired) electrons. The van der Waals surface area contributed by atoms with E-state index in [0.717, 1.165) is 65.0 Å². The molecule has 0 saturated carbocycles. The van der Waals surface area contributed by atoms with Crippen LogP contribution in [0.3, 0.4) is 0 Å². The molecule has 0 N–H and O–H groups in total. The highest BCUT2D eigenvalue weighted by atomic mass is 16.5. The topological polar surface area (TPSA) is 42.0 Å². The monoisotopic (exact) mass is 308 g/mol. The normalized spacial score (nSPS) is 37.5. The van der Waals surface area contributed by atoms with E-state index in [2.05, 4.69) is 4.90 Å². The zero-order chi connectivity index (χ0) is 14.9. The number of rotatable bonds is 2. The van der Waals surface area contributed by atoms with E-state index >= 15 is 0 Å². The molecule has 0 unspecified atom stereocenters. The summed E-state index contributed by atoms with van der Waals surface area (Å²) >= 11 is 0. The van der Waals surface area contributed by atoms with Crippen molar-refractivity contribution in [2.24, 2.45) is 5.92 Å². The molecule has 4 rings (SSSR count). The number of piperidine rings is 1. The Bertz CT molecular complexity index is 405. The highest BCUT2D eigenvalue weighted by Gasteiger charge is 2.44. The van der Waals surface area contributed by atoms with Gasteiger partial charge in [-0.15, -0.1) is 0 Å². The van der Waals surface area contributed by atoms with Crippen molar-refractivity contribution in [2.75, 3.05) is 39.4 Å². The van der Waals surface area contributed by atoms with E-state index in [1.807, 2.05) is 4.90 Å². The Labute approximate surface area is 132 Å². The molecule has 124 valence electrons. The van der Waals surface area contributed by atoms with E-state index in [0.29, 0.717) is 12.0 Å². The van der Waals surface area contributed by atoms with E-state index in [9.17, 15) is 4.79 Å². The molecule has 0 aromatic rings. The minimum atomic E-state index is -0.164. The van der Waals surface area contributed by atoms with Crippen molar-refractivity contribution in [1.29, 1.82) is 0 Å². The molecule has 0 aromatic heterocycles. The zero-order valence-electron chi connectivity index (χ0n) is 13.4. The Morgan fingerprint density at radius 3 is 2.55 bits per heavy atom. The summed E-state index contributed by atoms with van der Waals surface area (Å²) in [5.41, 5.74) is 0. The predicted molar refractivity (Wildman–Crippen MR) is 82.6 cm³/mol. The maximum Gasteiger partial charge on any atom is 0.251 e. The highest BCUT2D eigenvalue weighted by Crippen LogP contribution is 2.35. The molecule has 5 nitrogen and oxygen atoms in total.